The summed E-state index contributed by atoms with van der Waals surface area (Å²) in [6, 6.07) is 19.3. The van der Waals surface area contributed by atoms with Crippen LogP contribution >= 0.6 is 0 Å². The van der Waals surface area contributed by atoms with Crippen molar-refractivity contribution in [2.45, 2.75) is 68.7 Å². The van der Waals surface area contributed by atoms with E-state index in [4.69, 9.17) is 10.1 Å². The van der Waals surface area contributed by atoms with Crippen molar-refractivity contribution in [1.82, 2.24) is 0 Å². The SMILES string of the molecule is CC.CC.CCC.C[N+](=O)[O-].Cc1c[c-]ccc1.Cc1cccc(C)c1.[CH3-].[Y]. The fraction of sp³-hybridized carbons (Fsp3) is 0.458. The van der Waals surface area contributed by atoms with Gasteiger partial charge >= 0.3 is 0 Å². The predicted octanol–water partition coefficient (Wildman–Crippen LogP) is 7.91. The molecule has 0 saturated carbocycles. The fourth-order valence-electron chi connectivity index (χ4n) is 1.29. The molecule has 28 heavy (non-hydrogen) atoms. The Morgan fingerprint density at radius 1 is 0.893 bits per heavy atom. The van der Waals surface area contributed by atoms with E-state index in [0.29, 0.717) is 0 Å². The van der Waals surface area contributed by atoms with Crippen LogP contribution in [0, 0.1) is 44.4 Å². The molecule has 2 aromatic rings. The second-order valence-corrected chi connectivity index (χ2v) is 4.89. The molecule has 0 aliphatic carbocycles. The van der Waals surface area contributed by atoms with Gasteiger partial charge in [0.1, 0.15) is 0 Å². The molecule has 0 aliphatic heterocycles. The van der Waals surface area contributed by atoms with Crippen LogP contribution in [0.4, 0.5) is 0 Å². The number of benzene rings is 2. The summed E-state index contributed by atoms with van der Waals surface area (Å²) in [7, 11) is 0.889. The maximum atomic E-state index is 8.81. The molecule has 161 valence electrons. The molecule has 2 aromatic carbocycles. The molecule has 0 N–H and O–H groups in total. The number of nitro groups is 1. The Morgan fingerprint density at radius 3 is 1.36 bits per heavy atom. The molecule has 0 amide bonds. The second-order valence-electron chi connectivity index (χ2n) is 4.89. The van der Waals surface area contributed by atoms with Gasteiger partial charge in [0.25, 0.3) is 0 Å². The van der Waals surface area contributed by atoms with E-state index in [1.807, 2.05) is 45.9 Å². The molecule has 0 spiro atoms. The van der Waals surface area contributed by atoms with Crippen molar-refractivity contribution in [3.8, 4) is 0 Å². The van der Waals surface area contributed by atoms with E-state index in [1.54, 1.807) is 0 Å². The topological polar surface area (TPSA) is 43.1 Å². The van der Waals surface area contributed by atoms with Crippen LogP contribution in [0.3, 0.4) is 0 Å². The zero-order valence-electron chi connectivity index (χ0n) is 20.2. The third-order valence-electron chi connectivity index (χ3n) is 2.04. The summed E-state index contributed by atoms with van der Waals surface area (Å²) in [5.41, 5.74) is 3.94. The van der Waals surface area contributed by atoms with Crippen LogP contribution in [0.5, 0.6) is 0 Å². The number of rotatable bonds is 0. The number of hydrogen-bond donors (Lipinski definition) is 0. The number of aryl methyl sites for hydroxylation is 3. The van der Waals surface area contributed by atoms with Gasteiger partial charge in [0.05, 0.1) is 0 Å². The van der Waals surface area contributed by atoms with E-state index in [1.165, 1.54) is 23.1 Å². The van der Waals surface area contributed by atoms with E-state index in [0.717, 1.165) is 7.05 Å². The molecular formula is C24H43NO2Y-2. The first-order valence-electron chi connectivity index (χ1n) is 9.37. The molecule has 0 aromatic heterocycles. The first-order valence-corrected chi connectivity index (χ1v) is 9.37. The van der Waals surface area contributed by atoms with Crippen LogP contribution < -0.4 is 0 Å². The van der Waals surface area contributed by atoms with Crippen molar-refractivity contribution in [3.05, 3.63) is 88.8 Å². The average Bonchev–Trinajstić information content (AvgIpc) is 2.60. The molecular weight excluding hydrogens is 423 g/mol. The summed E-state index contributed by atoms with van der Waals surface area (Å²) in [6.07, 6.45) is 1.25. The van der Waals surface area contributed by atoms with Gasteiger partial charge in [-0.1, -0.05) is 90.3 Å². The van der Waals surface area contributed by atoms with E-state index in [9.17, 15) is 0 Å². The Balaban J connectivity index is -0.0000000558. The molecule has 2 rings (SSSR count). The zero-order valence-corrected chi connectivity index (χ0v) is 23.0. The van der Waals surface area contributed by atoms with Crippen LogP contribution in [0.2, 0.25) is 0 Å². The van der Waals surface area contributed by atoms with E-state index < -0.39 is 4.92 Å². The molecule has 0 bridgehead atoms. The minimum Gasteiger partial charge on any atom is -0.358 e. The minimum atomic E-state index is -0.500. The Bertz CT molecular complexity index is 482. The van der Waals surface area contributed by atoms with Crippen molar-refractivity contribution in [2.24, 2.45) is 0 Å². The number of hydrogen-bond acceptors (Lipinski definition) is 2. The van der Waals surface area contributed by atoms with Gasteiger partial charge in [0.15, 0.2) is 7.05 Å². The van der Waals surface area contributed by atoms with Gasteiger partial charge in [-0.25, -0.2) is 0 Å². The fourth-order valence-corrected chi connectivity index (χ4v) is 1.29. The third-order valence-corrected chi connectivity index (χ3v) is 2.04. The van der Waals surface area contributed by atoms with E-state index >= 15 is 0 Å². The summed E-state index contributed by atoms with van der Waals surface area (Å²) in [5, 5.41) is 8.81. The Hall–Kier alpha value is -1.06. The van der Waals surface area contributed by atoms with E-state index in [2.05, 4.69) is 71.0 Å². The molecule has 0 fully saturated rings. The molecule has 0 heterocycles. The third kappa shape index (κ3) is 49.8. The normalized spacial score (nSPS) is 6.79. The van der Waals surface area contributed by atoms with Gasteiger partial charge < -0.3 is 7.43 Å². The maximum absolute atomic E-state index is 8.81. The molecule has 0 aliphatic rings. The summed E-state index contributed by atoms with van der Waals surface area (Å²) in [5.74, 6) is 0. The van der Waals surface area contributed by atoms with Crippen LogP contribution in [-0.2, 0) is 32.7 Å². The predicted molar refractivity (Wildman–Crippen MR) is 124 cm³/mol. The molecule has 0 unspecified atom stereocenters. The number of nitrogens with zero attached hydrogens (tertiary/aromatic N) is 1. The van der Waals surface area contributed by atoms with Gasteiger partial charge in [-0.15, -0.1) is 0 Å². The van der Waals surface area contributed by atoms with E-state index in [-0.39, 0.29) is 40.1 Å². The monoisotopic (exact) mass is 466 g/mol. The Labute approximate surface area is 201 Å². The van der Waals surface area contributed by atoms with Crippen LogP contribution in [0.15, 0.2) is 48.5 Å². The van der Waals surface area contributed by atoms with Crippen molar-refractivity contribution < 1.29 is 37.6 Å². The summed E-state index contributed by atoms with van der Waals surface area (Å²) in [6.45, 7) is 18.5. The minimum absolute atomic E-state index is 0. The van der Waals surface area contributed by atoms with Crippen molar-refractivity contribution in [3.63, 3.8) is 0 Å². The van der Waals surface area contributed by atoms with Crippen molar-refractivity contribution in [2.75, 3.05) is 7.05 Å². The summed E-state index contributed by atoms with van der Waals surface area (Å²) >= 11 is 0. The summed E-state index contributed by atoms with van der Waals surface area (Å²) < 4.78 is 0. The smallest absolute Gasteiger partial charge is 0.194 e. The van der Waals surface area contributed by atoms with Gasteiger partial charge in [-0.3, -0.25) is 10.1 Å². The van der Waals surface area contributed by atoms with Gasteiger partial charge in [-0.2, -0.15) is 35.9 Å². The summed E-state index contributed by atoms with van der Waals surface area (Å²) in [4.78, 5) is 8.31. The largest absolute Gasteiger partial charge is 0.358 e. The quantitative estimate of drug-likeness (QED) is 0.225. The van der Waals surface area contributed by atoms with Gasteiger partial charge in [0.2, 0.25) is 0 Å². The Kier molecular flexibility index (Phi) is 54.3. The average molecular weight is 467 g/mol. The maximum Gasteiger partial charge on any atom is 0.194 e. The Morgan fingerprint density at radius 2 is 1.21 bits per heavy atom. The van der Waals surface area contributed by atoms with Crippen LogP contribution in [-0.4, -0.2) is 12.0 Å². The first kappa shape index (κ1) is 41.3. The molecule has 0 saturated heterocycles. The molecule has 3 nitrogen and oxygen atoms in total. The molecule has 4 heteroatoms. The zero-order chi connectivity index (χ0) is 21.4. The van der Waals surface area contributed by atoms with Gasteiger partial charge in [-0.05, 0) is 13.8 Å². The first-order chi connectivity index (χ1) is 12.3. The standard InChI is InChI=1S/C8H10.C7H7.C3H8.2C2H6.CH3NO2.CH3.Y/c1-7-4-3-5-8(2)6-7;1-7-5-3-2-4-6-7;1-3-2;2*1-2;1-2(3)4;;/h3-6H,1-2H3;2-3,5-6H,1H3;3H2,1-2H3;2*1-2H3;1H3;1H3;/q;-1;;;;;-1;. The van der Waals surface area contributed by atoms with Gasteiger partial charge in [0, 0.05) is 37.6 Å². The van der Waals surface area contributed by atoms with Crippen molar-refractivity contribution >= 4 is 0 Å². The molecule has 0 atom stereocenters. The van der Waals surface area contributed by atoms with Crippen LogP contribution in [0.1, 0.15) is 64.7 Å². The van der Waals surface area contributed by atoms with Crippen molar-refractivity contribution in [1.29, 1.82) is 0 Å². The second kappa shape index (κ2) is 36.8. The van der Waals surface area contributed by atoms with Crippen LogP contribution in [0.25, 0.3) is 0 Å². The molecule has 1 radical (unpaired) electrons.